The van der Waals surface area contributed by atoms with E-state index in [1.54, 1.807) is 18.2 Å². The quantitative estimate of drug-likeness (QED) is 0.794. The van der Waals surface area contributed by atoms with Crippen molar-refractivity contribution >= 4 is 43.2 Å². The fourth-order valence-electron chi connectivity index (χ4n) is 1.78. The molecule has 0 radical (unpaired) electrons. The molecule has 0 aromatic heterocycles. The maximum absolute atomic E-state index is 12.6. The summed E-state index contributed by atoms with van der Waals surface area (Å²) in [7, 11) is -0.713. The minimum Gasteiger partial charge on any atom is -0.495 e. The Kier molecular flexibility index (Phi) is 4.81. The van der Waals surface area contributed by atoms with Crippen LogP contribution in [0.2, 0.25) is 5.02 Å². The first-order chi connectivity index (χ1) is 9.86. The molecule has 0 aliphatic heterocycles. The zero-order valence-corrected chi connectivity index (χ0v) is 14.5. The number of anilines is 1. The normalized spacial score (nSPS) is 11.2. The van der Waals surface area contributed by atoms with Crippen LogP contribution < -0.4 is 9.04 Å². The molecule has 0 saturated carbocycles. The fraction of sp³-hybridized carbons (Fsp3) is 0.143. The first-order valence-corrected chi connectivity index (χ1v) is 8.55. The monoisotopic (exact) mass is 389 g/mol. The highest BCUT2D eigenvalue weighted by Crippen LogP contribution is 2.30. The molecule has 112 valence electrons. The molecule has 0 aliphatic rings. The van der Waals surface area contributed by atoms with Crippen molar-refractivity contribution in [2.24, 2.45) is 0 Å². The van der Waals surface area contributed by atoms with Crippen LogP contribution in [0.3, 0.4) is 0 Å². The molecular formula is C14H13BrClNO3S. The maximum atomic E-state index is 12.6. The van der Waals surface area contributed by atoms with E-state index in [0.29, 0.717) is 11.4 Å². The predicted molar refractivity (Wildman–Crippen MR) is 87.7 cm³/mol. The van der Waals surface area contributed by atoms with Crippen molar-refractivity contribution in [2.75, 3.05) is 18.5 Å². The largest absolute Gasteiger partial charge is 0.495 e. The van der Waals surface area contributed by atoms with Gasteiger partial charge >= 0.3 is 0 Å². The van der Waals surface area contributed by atoms with E-state index in [4.69, 9.17) is 16.3 Å². The van der Waals surface area contributed by atoms with Crippen LogP contribution in [-0.2, 0) is 10.0 Å². The van der Waals surface area contributed by atoms with E-state index < -0.39 is 10.0 Å². The zero-order chi connectivity index (χ0) is 15.6. The summed E-state index contributed by atoms with van der Waals surface area (Å²) in [5, 5.41) is 0.251. The predicted octanol–water partition coefficient (Wildman–Crippen LogP) is 3.94. The van der Waals surface area contributed by atoms with Gasteiger partial charge in [0.15, 0.2) is 0 Å². The van der Waals surface area contributed by atoms with Gasteiger partial charge in [-0.25, -0.2) is 8.42 Å². The summed E-state index contributed by atoms with van der Waals surface area (Å²) in [6.07, 6.45) is 0. The molecule has 0 amide bonds. The lowest BCUT2D eigenvalue weighted by molar-refractivity contribution is 0.414. The summed E-state index contributed by atoms with van der Waals surface area (Å²) < 4.78 is 32.2. The zero-order valence-electron chi connectivity index (χ0n) is 11.4. The number of ether oxygens (including phenoxy) is 1. The number of benzene rings is 2. The lowest BCUT2D eigenvalue weighted by atomic mass is 10.3. The summed E-state index contributed by atoms with van der Waals surface area (Å²) in [4.78, 5) is 0.107. The van der Waals surface area contributed by atoms with Gasteiger partial charge in [-0.3, -0.25) is 4.31 Å². The van der Waals surface area contributed by atoms with Gasteiger partial charge in [-0.15, -0.1) is 0 Å². The SMILES string of the molecule is COc1ccc(S(=O)(=O)N(C)c2cccc(Br)c2)cc1Cl. The summed E-state index contributed by atoms with van der Waals surface area (Å²) in [5.41, 5.74) is 0.552. The smallest absolute Gasteiger partial charge is 0.264 e. The molecule has 0 saturated heterocycles. The van der Waals surface area contributed by atoms with E-state index >= 15 is 0 Å². The van der Waals surface area contributed by atoms with Crippen molar-refractivity contribution in [2.45, 2.75) is 4.90 Å². The van der Waals surface area contributed by atoms with Crippen molar-refractivity contribution in [1.82, 2.24) is 0 Å². The molecule has 4 nitrogen and oxygen atoms in total. The number of hydrogen-bond acceptors (Lipinski definition) is 3. The Morgan fingerprint density at radius 1 is 1.19 bits per heavy atom. The second-order valence-corrected chi connectivity index (χ2v) is 7.54. The molecule has 21 heavy (non-hydrogen) atoms. The first kappa shape index (κ1) is 16.1. The minimum atomic E-state index is -3.68. The molecule has 0 heterocycles. The lowest BCUT2D eigenvalue weighted by Gasteiger charge is -2.20. The number of nitrogens with zero attached hydrogens (tertiary/aromatic N) is 1. The molecule has 0 atom stereocenters. The average Bonchev–Trinajstić information content (AvgIpc) is 2.46. The molecule has 2 aromatic carbocycles. The summed E-state index contributed by atoms with van der Waals surface area (Å²) in [6, 6.07) is 11.4. The molecule has 0 aliphatic carbocycles. The highest BCUT2D eigenvalue weighted by molar-refractivity contribution is 9.10. The van der Waals surface area contributed by atoms with Gasteiger partial charge < -0.3 is 4.74 Å². The third kappa shape index (κ3) is 3.33. The van der Waals surface area contributed by atoms with E-state index in [1.165, 1.54) is 36.7 Å². The van der Waals surface area contributed by atoms with E-state index in [2.05, 4.69) is 15.9 Å². The van der Waals surface area contributed by atoms with Crippen LogP contribution in [0.15, 0.2) is 51.8 Å². The van der Waals surface area contributed by atoms with Gasteiger partial charge in [0.05, 0.1) is 22.7 Å². The van der Waals surface area contributed by atoms with Crippen LogP contribution in [0.1, 0.15) is 0 Å². The Hall–Kier alpha value is -1.24. The number of halogens is 2. The Labute approximate surface area is 137 Å². The van der Waals surface area contributed by atoms with Crippen LogP contribution in [0.25, 0.3) is 0 Å². The molecular weight excluding hydrogens is 378 g/mol. The third-order valence-corrected chi connectivity index (χ3v) is 5.52. The minimum absolute atomic E-state index is 0.107. The van der Waals surface area contributed by atoms with Crippen LogP contribution in [0, 0.1) is 0 Å². The Bertz CT molecular complexity index is 765. The fourth-order valence-corrected chi connectivity index (χ4v) is 3.70. The summed E-state index contributed by atoms with van der Waals surface area (Å²) in [5.74, 6) is 0.431. The van der Waals surface area contributed by atoms with Gasteiger partial charge in [0, 0.05) is 11.5 Å². The average molecular weight is 391 g/mol. The number of sulfonamides is 1. The number of methoxy groups -OCH3 is 1. The topological polar surface area (TPSA) is 46.6 Å². The lowest BCUT2D eigenvalue weighted by Crippen LogP contribution is -2.26. The van der Waals surface area contributed by atoms with Crippen molar-refractivity contribution in [1.29, 1.82) is 0 Å². The molecule has 0 bridgehead atoms. The number of rotatable bonds is 4. The van der Waals surface area contributed by atoms with Crippen molar-refractivity contribution < 1.29 is 13.2 Å². The van der Waals surface area contributed by atoms with E-state index in [1.807, 2.05) is 6.07 Å². The van der Waals surface area contributed by atoms with Gasteiger partial charge in [-0.2, -0.15) is 0 Å². The maximum Gasteiger partial charge on any atom is 0.264 e. The summed E-state index contributed by atoms with van der Waals surface area (Å²) in [6.45, 7) is 0. The molecule has 0 spiro atoms. The van der Waals surface area contributed by atoms with Gasteiger partial charge in [0.2, 0.25) is 0 Å². The van der Waals surface area contributed by atoms with E-state index in [-0.39, 0.29) is 9.92 Å². The van der Waals surface area contributed by atoms with Crippen molar-refractivity contribution in [3.8, 4) is 5.75 Å². The Morgan fingerprint density at radius 2 is 1.90 bits per heavy atom. The Balaban J connectivity index is 2.44. The first-order valence-electron chi connectivity index (χ1n) is 5.94. The highest BCUT2D eigenvalue weighted by Gasteiger charge is 2.22. The molecule has 2 aromatic rings. The molecule has 0 N–H and O–H groups in total. The molecule has 2 rings (SSSR count). The van der Waals surface area contributed by atoms with Crippen LogP contribution in [0.5, 0.6) is 5.75 Å². The molecule has 7 heteroatoms. The third-order valence-electron chi connectivity index (χ3n) is 2.95. The summed E-state index contributed by atoms with van der Waals surface area (Å²) >= 11 is 9.32. The molecule has 0 fully saturated rings. The van der Waals surface area contributed by atoms with E-state index in [9.17, 15) is 8.42 Å². The highest BCUT2D eigenvalue weighted by atomic mass is 79.9. The van der Waals surface area contributed by atoms with Crippen LogP contribution in [-0.4, -0.2) is 22.6 Å². The van der Waals surface area contributed by atoms with Gasteiger partial charge in [0.25, 0.3) is 10.0 Å². The standard InChI is InChI=1S/C14H13BrClNO3S/c1-17(11-5-3-4-10(15)8-11)21(18,19)12-6-7-14(20-2)13(16)9-12/h3-9H,1-2H3. The van der Waals surface area contributed by atoms with E-state index in [0.717, 1.165) is 4.47 Å². The second-order valence-electron chi connectivity index (χ2n) is 4.25. The number of hydrogen-bond donors (Lipinski definition) is 0. The van der Waals surface area contributed by atoms with Crippen LogP contribution in [0.4, 0.5) is 5.69 Å². The van der Waals surface area contributed by atoms with Gasteiger partial charge in [-0.05, 0) is 36.4 Å². The van der Waals surface area contributed by atoms with Crippen molar-refractivity contribution in [3.05, 3.63) is 52.0 Å². The Morgan fingerprint density at radius 3 is 2.48 bits per heavy atom. The van der Waals surface area contributed by atoms with Crippen LogP contribution >= 0.6 is 27.5 Å². The molecule has 0 unspecified atom stereocenters. The second kappa shape index (κ2) is 6.25. The van der Waals surface area contributed by atoms with Crippen molar-refractivity contribution in [3.63, 3.8) is 0 Å². The van der Waals surface area contributed by atoms with Gasteiger partial charge in [-0.1, -0.05) is 33.6 Å². The van der Waals surface area contributed by atoms with Gasteiger partial charge in [0.1, 0.15) is 5.75 Å².